The zero-order valence-electron chi connectivity index (χ0n) is 9.88. The van der Waals surface area contributed by atoms with Gasteiger partial charge in [0.25, 0.3) is 5.91 Å². The molecule has 2 rings (SSSR count). The highest BCUT2D eigenvalue weighted by Gasteiger charge is 2.02. The van der Waals surface area contributed by atoms with E-state index in [4.69, 9.17) is 16.8 Å². The molecular weight excluding hydrogens is 264 g/mol. The van der Waals surface area contributed by atoms with Crippen LogP contribution in [0.25, 0.3) is 17.2 Å². The van der Waals surface area contributed by atoms with E-state index in [0.717, 1.165) is 11.1 Å². The van der Waals surface area contributed by atoms with Crippen LogP contribution in [0.3, 0.4) is 0 Å². The van der Waals surface area contributed by atoms with E-state index in [0.29, 0.717) is 10.6 Å². The molecule has 1 heterocycles. The molecule has 96 valence electrons. The van der Waals surface area contributed by atoms with E-state index in [9.17, 15) is 4.79 Å². The quantitative estimate of drug-likeness (QED) is 0.514. The van der Waals surface area contributed by atoms with Gasteiger partial charge in [0.15, 0.2) is 0 Å². The van der Waals surface area contributed by atoms with E-state index in [1.54, 1.807) is 18.5 Å². The number of amides is 1. The average molecular weight is 275 g/mol. The monoisotopic (exact) mass is 274 g/mol. The lowest BCUT2D eigenvalue weighted by Gasteiger charge is -2.04. The van der Waals surface area contributed by atoms with Crippen LogP contribution in [0.5, 0.6) is 0 Å². The average Bonchev–Trinajstić information content (AvgIpc) is 2.46. The van der Waals surface area contributed by atoms with E-state index in [1.807, 2.05) is 24.3 Å². The predicted octanol–water partition coefficient (Wildman–Crippen LogP) is 2.92. The van der Waals surface area contributed by atoms with Crippen molar-refractivity contribution >= 4 is 23.6 Å². The number of carbonyl (C=O) groups excluding carboxylic acids is 1. The summed E-state index contributed by atoms with van der Waals surface area (Å²) in [5.74, 6) is -0.603. The summed E-state index contributed by atoms with van der Waals surface area (Å²) in [5.41, 5.74) is 4.20. The molecule has 0 aliphatic carbocycles. The minimum atomic E-state index is -0.603. The van der Waals surface area contributed by atoms with Crippen LogP contribution in [0.15, 0.2) is 48.8 Å². The molecule has 1 amide bonds. The van der Waals surface area contributed by atoms with Gasteiger partial charge >= 0.3 is 0 Å². The molecule has 19 heavy (non-hydrogen) atoms. The number of aromatic nitrogens is 1. The third kappa shape index (κ3) is 3.40. The molecule has 2 aromatic rings. The van der Waals surface area contributed by atoms with E-state index >= 15 is 0 Å². The zero-order valence-corrected chi connectivity index (χ0v) is 10.6. The van der Waals surface area contributed by atoms with Gasteiger partial charge in [-0.3, -0.25) is 15.0 Å². The van der Waals surface area contributed by atoms with Gasteiger partial charge < -0.3 is 0 Å². The van der Waals surface area contributed by atoms with E-state index < -0.39 is 5.91 Å². The molecule has 1 aromatic heterocycles. The van der Waals surface area contributed by atoms with Gasteiger partial charge in [-0.05, 0) is 41.0 Å². The molecule has 2 N–H and O–H groups in total. The number of pyridine rings is 1. The smallest absolute Gasteiger partial charge is 0.267 e. The fourth-order valence-corrected chi connectivity index (χ4v) is 1.83. The molecule has 5 heteroatoms. The van der Waals surface area contributed by atoms with Crippen LogP contribution in [0.4, 0.5) is 0 Å². The van der Waals surface area contributed by atoms with Crippen LogP contribution in [0, 0.1) is 0 Å². The fraction of sp³-hybridized carbons (Fsp3) is 0. The van der Waals surface area contributed by atoms with Gasteiger partial charge in [0, 0.05) is 23.5 Å². The third-order valence-corrected chi connectivity index (χ3v) is 2.87. The van der Waals surface area contributed by atoms with Crippen LogP contribution in [0.2, 0.25) is 5.02 Å². The van der Waals surface area contributed by atoms with Crippen molar-refractivity contribution in [2.45, 2.75) is 0 Å². The standard InChI is InChI=1S/C14H11ClN2O2/c15-13-9-12(10-5-7-16-8-6-10)2-1-11(13)3-4-14(18)17-19/h1-9,19H,(H,17,18)/b4-3+. The minimum Gasteiger partial charge on any atom is -0.288 e. The second-order valence-electron chi connectivity index (χ2n) is 3.78. The van der Waals surface area contributed by atoms with Crippen LogP contribution in [-0.2, 0) is 4.79 Å². The van der Waals surface area contributed by atoms with Crippen molar-refractivity contribution in [2.24, 2.45) is 0 Å². The van der Waals surface area contributed by atoms with E-state index in [2.05, 4.69) is 4.98 Å². The molecule has 0 aliphatic heterocycles. The van der Waals surface area contributed by atoms with Crippen LogP contribution in [0.1, 0.15) is 5.56 Å². The van der Waals surface area contributed by atoms with Crippen LogP contribution >= 0.6 is 11.6 Å². The Hall–Kier alpha value is -2.17. The number of hydrogen-bond acceptors (Lipinski definition) is 3. The number of benzene rings is 1. The van der Waals surface area contributed by atoms with Crippen molar-refractivity contribution in [2.75, 3.05) is 0 Å². The molecule has 1 aromatic carbocycles. The molecule has 0 saturated heterocycles. The number of hydroxylamine groups is 1. The van der Waals surface area contributed by atoms with Gasteiger partial charge in [-0.2, -0.15) is 0 Å². The number of halogens is 1. The van der Waals surface area contributed by atoms with Gasteiger partial charge in [-0.25, -0.2) is 5.48 Å². The highest BCUT2D eigenvalue weighted by molar-refractivity contribution is 6.32. The van der Waals surface area contributed by atoms with E-state index in [-0.39, 0.29) is 0 Å². The third-order valence-electron chi connectivity index (χ3n) is 2.54. The molecule has 0 saturated carbocycles. The summed E-state index contributed by atoms with van der Waals surface area (Å²) in [6.45, 7) is 0. The first-order valence-corrected chi connectivity index (χ1v) is 5.90. The number of hydrogen-bond donors (Lipinski definition) is 2. The Morgan fingerprint density at radius 1 is 1.21 bits per heavy atom. The molecule has 0 unspecified atom stereocenters. The first-order chi connectivity index (χ1) is 9.20. The molecule has 4 nitrogen and oxygen atoms in total. The lowest BCUT2D eigenvalue weighted by Crippen LogP contribution is -2.14. The first-order valence-electron chi connectivity index (χ1n) is 5.53. The summed E-state index contributed by atoms with van der Waals surface area (Å²) in [6, 6.07) is 9.30. The maximum absolute atomic E-state index is 10.9. The van der Waals surface area contributed by atoms with Crippen molar-refractivity contribution in [3.05, 3.63) is 59.4 Å². The Labute approximate surface area is 115 Å². The number of rotatable bonds is 3. The Morgan fingerprint density at radius 3 is 2.58 bits per heavy atom. The van der Waals surface area contributed by atoms with Crippen LogP contribution < -0.4 is 5.48 Å². The first kappa shape index (κ1) is 13.3. The molecule has 0 radical (unpaired) electrons. The maximum Gasteiger partial charge on any atom is 0.267 e. The van der Waals surface area contributed by atoms with Crippen molar-refractivity contribution in [3.8, 4) is 11.1 Å². The lowest BCUT2D eigenvalue weighted by molar-refractivity contribution is -0.124. The van der Waals surface area contributed by atoms with Crippen molar-refractivity contribution < 1.29 is 10.0 Å². The Bertz CT molecular complexity index is 612. The summed E-state index contributed by atoms with van der Waals surface area (Å²) in [5, 5.41) is 8.91. The topological polar surface area (TPSA) is 62.2 Å². The normalized spacial score (nSPS) is 10.6. The molecule has 0 bridgehead atoms. The minimum absolute atomic E-state index is 0.524. The van der Waals surface area contributed by atoms with Crippen molar-refractivity contribution in [1.29, 1.82) is 0 Å². The van der Waals surface area contributed by atoms with Crippen molar-refractivity contribution in [3.63, 3.8) is 0 Å². The van der Waals surface area contributed by atoms with E-state index in [1.165, 1.54) is 17.6 Å². The number of nitrogens with zero attached hydrogens (tertiary/aromatic N) is 1. The predicted molar refractivity (Wildman–Crippen MR) is 73.6 cm³/mol. The molecule has 0 fully saturated rings. The Balaban J connectivity index is 2.28. The van der Waals surface area contributed by atoms with Crippen molar-refractivity contribution in [1.82, 2.24) is 10.5 Å². The summed E-state index contributed by atoms with van der Waals surface area (Å²) in [7, 11) is 0. The fourth-order valence-electron chi connectivity index (χ4n) is 1.59. The van der Waals surface area contributed by atoms with Gasteiger partial charge in [0.05, 0.1) is 0 Å². The highest BCUT2D eigenvalue weighted by atomic mass is 35.5. The molecular formula is C14H11ClN2O2. The van der Waals surface area contributed by atoms with Gasteiger partial charge in [0.1, 0.15) is 0 Å². The maximum atomic E-state index is 10.9. The second kappa shape index (κ2) is 6.13. The molecule has 0 spiro atoms. The van der Waals surface area contributed by atoms with Crippen LogP contribution in [-0.4, -0.2) is 16.1 Å². The zero-order chi connectivity index (χ0) is 13.7. The molecule has 0 atom stereocenters. The lowest BCUT2D eigenvalue weighted by atomic mass is 10.0. The number of carbonyl (C=O) groups is 1. The van der Waals surface area contributed by atoms with Gasteiger partial charge in [-0.1, -0.05) is 23.7 Å². The number of nitrogens with one attached hydrogen (secondary N) is 1. The Kier molecular flexibility index (Phi) is 4.28. The summed E-state index contributed by atoms with van der Waals surface area (Å²) in [4.78, 5) is 14.8. The SMILES string of the molecule is O=C(/C=C/c1ccc(-c2ccncc2)cc1Cl)NO. The summed E-state index contributed by atoms with van der Waals surface area (Å²) < 4.78 is 0. The summed E-state index contributed by atoms with van der Waals surface area (Å²) >= 11 is 6.14. The van der Waals surface area contributed by atoms with Gasteiger partial charge in [0.2, 0.25) is 0 Å². The summed E-state index contributed by atoms with van der Waals surface area (Å²) in [6.07, 6.45) is 6.16. The molecule has 0 aliphatic rings. The highest BCUT2D eigenvalue weighted by Crippen LogP contribution is 2.25. The second-order valence-corrected chi connectivity index (χ2v) is 4.19. The van der Waals surface area contributed by atoms with Gasteiger partial charge in [-0.15, -0.1) is 0 Å². The largest absolute Gasteiger partial charge is 0.288 e. The Morgan fingerprint density at radius 2 is 1.95 bits per heavy atom.